The minimum atomic E-state index is -0.0903. The first-order valence-electron chi connectivity index (χ1n) is 5.70. The van der Waals surface area contributed by atoms with Gasteiger partial charge >= 0.3 is 0 Å². The van der Waals surface area contributed by atoms with Gasteiger partial charge in [0.15, 0.2) is 0 Å². The highest BCUT2D eigenvalue weighted by atomic mass is 16.1. The highest BCUT2D eigenvalue weighted by Gasteiger charge is 2.20. The molecule has 0 saturated carbocycles. The Bertz CT molecular complexity index is 186. The smallest absolute Gasteiger partial charge is 0.147 e. The molecule has 0 aromatic rings. The second-order valence-electron chi connectivity index (χ2n) is 3.21. The molecule has 0 fully saturated rings. The summed E-state index contributed by atoms with van der Waals surface area (Å²) >= 11 is 0. The molecule has 1 unspecified atom stereocenters. The lowest BCUT2D eigenvalue weighted by atomic mass is 10.1. The van der Waals surface area contributed by atoms with Gasteiger partial charge in [0, 0.05) is 12.1 Å². The van der Waals surface area contributed by atoms with Crippen molar-refractivity contribution in [3.8, 4) is 0 Å². The number of nitrogens with zero attached hydrogens (tertiary/aromatic N) is 1. The molecule has 0 aliphatic rings. The number of hydrogen-bond donors (Lipinski definition) is 1. The molecule has 0 radical (unpaired) electrons. The van der Waals surface area contributed by atoms with E-state index in [1.807, 2.05) is 27.7 Å². The molecule has 0 heterocycles. The maximum Gasteiger partial charge on any atom is 0.147 e. The molecule has 0 aliphatic heterocycles. The van der Waals surface area contributed by atoms with E-state index < -0.39 is 0 Å². The van der Waals surface area contributed by atoms with Crippen LogP contribution in [0.3, 0.4) is 0 Å². The predicted octanol–water partition coefficient (Wildman–Crippen LogP) is 2.17. The van der Waals surface area contributed by atoms with Gasteiger partial charge in [-0.2, -0.15) is 0 Å². The summed E-state index contributed by atoms with van der Waals surface area (Å²) in [4.78, 5) is 13.4. The van der Waals surface area contributed by atoms with Crippen molar-refractivity contribution in [1.29, 1.82) is 0 Å². The van der Waals surface area contributed by atoms with Crippen molar-refractivity contribution in [1.82, 2.24) is 4.90 Å². The van der Waals surface area contributed by atoms with E-state index in [-0.39, 0.29) is 11.8 Å². The van der Waals surface area contributed by atoms with Gasteiger partial charge in [0.1, 0.15) is 5.78 Å². The number of likely N-dealkylation sites (N-methyl/N-ethyl adjacent to an activating group) is 1. The highest BCUT2D eigenvalue weighted by molar-refractivity contribution is 5.81. The van der Waals surface area contributed by atoms with E-state index in [9.17, 15) is 4.79 Å². The third-order valence-corrected chi connectivity index (χ3v) is 2.18. The van der Waals surface area contributed by atoms with Crippen molar-refractivity contribution < 1.29 is 4.79 Å². The average molecular weight is 214 g/mol. The summed E-state index contributed by atoms with van der Waals surface area (Å²) < 4.78 is 0. The van der Waals surface area contributed by atoms with Gasteiger partial charge in [-0.25, -0.2) is 0 Å². The molecule has 0 aromatic heterocycles. The minimum Gasteiger partial charge on any atom is -0.402 e. The Balaban J connectivity index is 0. The van der Waals surface area contributed by atoms with Crippen LogP contribution >= 0.6 is 0 Å². The summed E-state index contributed by atoms with van der Waals surface area (Å²) in [6.45, 7) is 15.0. The normalized spacial score (nSPS) is 11.6. The predicted molar refractivity (Wildman–Crippen MR) is 66.7 cm³/mol. The fraction of sp³-hybridized carbons (Fsp3) is 0.750. The first kappa shape index (κ1) is 16.6. The van der Waals surface area contributed by atoms with Crippen LogP contribution in [-0.4, -0.2) is 29.8 Å². The maximum atomic E-state index is 11.3. The zero-order valence-electron chi connectivity index (χ0n) is 10.8. The monoisotopic (exact) mass is 214 g/mol. The molecule has 0 amide bonds. The third-order valence-electron chi connectivity index (χ3n) is 2.18. The summed E-state index contributed by atoms with van der Waals surface area (Å²) in [5.41, 5.74) is 6.08. The summed E-state index contributed by atoms with van der Waals surface area (Å²) in [7, 11) is 0. The quantitative estimate of drug-likeness (QED) is 0.737. The van der Waals surface area contributed by atoms with E-state index in [0.29, 0.717) is 12.1 Å². The van der Waals surface area contributed by atoms with Gasteiger partial charge in [0.25, 0.3) is 0 Å². The number of carbonyl (C=O) groups is 1. The number of ketones is 1. The molecule has 1 atom stereocenters. The molecule has 3 nitrogen and oxygen atoms in total. The summed E-state index contributed by atoms with van der Waals surface area (Å²) in [5.74, 6) is 0.162. The lowest BCUT2D eigenvalue weighted by molar-refractivity contribution is -0.122. The van der Waals surface area contributed by atoms with Crippen LogP contribution in [0.25, 0.3) is 0 Å². The Morgan fingerprint density at radius 3 is 1.93 bits per heavy atom. The summed E-state index contributed by atoms with van der Waals surface area (Å²) in [6, 6.07) is -0.0903. The Kier molecular flexibility index (Phi) is 10.7. The van der Waals surface area contributed by atoms with Crippen LogP contribution in [0.5, 0.6) is 0 Å². The van der Waals surface area contributed by atoms with Gasteiger partial charge in [-0.1, -0.05) is 34.3 Å². The van der Waals surface area contributed by atoms with Crippen molar-refractivity contribution in [3.63, 3.8) is 0 Å². The van der Waals surface area contributed by atoms with Crippen molar-refractivity contribution in [3.05, 3.63) is 12.3 Å². The lowest BCUT2D eigenvalue weighted by Crippen LogP contribution is -2.40. The number of rotatable bonds is 6. The molecule has 3 heteroatoms. The Morgan fingerprint density at radius 2 is 1.73 bits per heavy atom. The number of carbonyl (C=O) groups excluding carboxylic acids is 1. The van der Waals surface area contributed by atoms with Crippen molar-refractivity contribution in [2.75, 3.05) is 13.1 Å². The first-order valence-corrected chi connectivity index (χ1v) is 5.70. The van der Waals surface area contributed by atoms with Gasteiger partial charge in [-0.05, 0) is 20.0 Å². The molecular weight excluding hydrogens is 188 g/mol. The first-order chi connectivity index (χ1) is 7.02. The fourth-order valence-corrected chi connectivity index (χ4v) is 1.44. The summed E-state index contributed by atoms with van der Waals surface area (Å²) in [6.07, 6.45) is 0.566. The van der Waals surface area contributed by atoms with Crippen LogP contribution in [0.1, 0.15) is 41.0 Å². The standard InChI is InChI=1S/C10H20N2O.C2H6/c1-5-12(6-2)10(9(4)13)7-8(3)11;1-2/h10H,3,5-7,11H2,1-2,4H3;1-2H3. The van der Waals surface area contributed by atoms with E-state index in [1.165, 1.54) is 0 Å². The van der Waals surface area contributed by atoms with E-state index in [4.69, 9.17) is 5.73 Å². The molecule has 0 bridgehead atoms. The fourth-order valence-electron chi connectivity index (χ4n) is 1.44. The zero-order chi connectivity index (χ0) is 12.4. The van der Waals surface area contributed by atoms with Gasteiger partial charge in [0.05, 0.1) is 6.04 Å². The van der Waals surface area contributed by atoms with Crippen molar-refractivity contribution in [2.24, 2.45) is 5.73 Å². The van der Waals surface area contributed by atoms with E-state index in [1.54, 1.807) is 6.92 Å². The molecular formula is C12H26N2O. The second-order valence-corrected chi connectivity index (χ2v) is 3.21. The zero-order valence-corrected chi connectivity index (χ0v) is 10.8. The van der Waals surface area contributed by atoms with Gasteiger partial charge < -0.3 is 5.73 Å². The molecule has 0 spiro atoms. The number of hydrogen-bond acceptors (Lipinski definition) is 3. The van der Waals surface area contributed by atoms with Gasteiger partial charge in [-0.15, -0.1) is 0 Å². The molecule has 0 rings (SSSR count). The molecule has 0 saturated heterocycles. The van der Waals surface area contributed by atoms with Crippen LogP contribution in [-0.2, 0) is 4.79 Å². The largest absolute Gasteiger partial charge is 0.402 e. The summed E-state index contributed by atoms with van der Waals surface area (Å²) in [5, 5.41) is 0. The van der Waals surface area contributed by atoms with Crippen LogP contribution in [0.15, 0.2) is 12.3 Å². The van der Waals surface area contributed by atoms with Crippen LogP contribution < -0.4 is 5.73 Å². The minimum absolute atomic E-state index is 0.0903. The molecule has 2 N–H and O–H groups in total. The van der Waals surface area contributed by atoms with Crippen molar-refractivity contribution in [2.45, 2.75) is 47.1 Å². The van der Waals surface area contributed by atoms with Gasteiger partial charge in [-0.3, -0.25) is 9.69 Å². The van der Waals surface area contributed by atoms with Gasteiger partial charge in [0.2, 0.25) is 0 Å². The number of Topliss-reactive ketones (excluding diaryl/α,β-unsaturated/α-hetero) is 1. The number of nitrogens with two attached hydrogens (primary N) is 1. The molecule has 15 heavy (non-hydrogen) atoms. The Morgan fingerprint density at radius 1 is 1.33 bits per heavy atom. The Hall–Kier alpha value is -0.830. The third kappa shape index (κ3) is 7.14. The maximum absolute atomic E-state index is 11.3. The highest BCUT2D eigenvalue weighted by Crippen LogP contribution is 2.08. The SMILES string of the molecule is C=C(N)CC(C(C)=O)N(CC)CC.CC. The second kappa shape index (κ2) is 9.71. The average Bonchev–Trinajstić information content (AvgIpc) is 2.20. The van der Waals surface area contributed by atoms with E-state index >= 15 is 0 Å². The van der Waals surface area contributed by atoms with Crippen LogP contribution in [0.4, 0.5) is 0 Å². The van der Waals surface area contributed by atoms with E-state index in [2.05, 4.69) is 11.5 Å². The topological polar surface area (TPSA) is 46.3 Å². The Labute approximate surface area is 94.3 Å². The lowest BCUT2D eigenvalue weighted by Gasteiger charge is -2.27. The van der Waals surface area contributed by atoms with E-state index in [0.717, 1.165) is 13.1 Å². The molecule has 90 valence electrons. The van der Waals surface area contributed by atoms with Crippen LogP contribution in [0, 0.1) is 0 Å². The molecule has 0 aromatic carbocycles. The molecule has 0 aliphatic carbocycles. The van der Waals surface area contributed by atoms with Crippen LogP contribution in [0.2, 0.25) is 0 Å². The van der Waals surface area contributed by atoms with Crippen molar-refractivity contribution >= 4 is 5.78 Å².